The third-order valence-corrected chi connectivity index (χ3v) is 6.78. The minimum absolute atomic E-state index is 0.110. The predicted octanol–water partition coefficient (Wildman–Crippen LogP) is 3.58. The highest BCUT2D eigenvalue weighted by Crippen LogP contribution is 2.25. The monoisotopic (exact) mass is 458 g/mol. The molecule has 0 aliphatic carbocycles. The number of aromatic amines is 1. The summed E-state index contributed by atoms with van der Waals surface area (Å²) in [7, 11) is 0. The number of carbonyl (C=O) groups excluding carboxylic acids is 1. The van der Waals surface area contributed by atoms with Gasteiger partial charge in [0.1, 0.15) is 22.8 Å². The fourth-order valence-electron chi connectivity index (χ4n) is 3.74. The van der Waals surface area contributed by atoms with Crippen molar-refractivity contribution in [1.82, 2.24) is 29.8 Å². The number of aryl methyl sites for hydroxylation is 3. The van der Waals surface area contributed by atoms with Crippen LogP contribution in [0.3, 0.4) is 0 Å². The van der Waals surface area contributed by atoms with Crippen LogP contribution < -0.4 is 10.9 Å². The zero-order valence-corrected chi connectivity index (χ0v) is 19.1. The van der Waals surface area contributed by atoms with Gasteiger partial charge in [0.25, 0.3) is 5.56 Å². The van der Waals surface area contributed by atoms with E-state index < -0.39 is 0 Å². The lowest BCUT2D eigenvalue weighted by molar-refractivity contribution is -0.121. The lowest BCUT2D eigenvalue weighted by atomic mass is 10.2. The summed E-state index contributed by atoms with van der Waals surface area (Å²) >= 11 is 1.51. The number of rotatable bonds is 6. The second-order valence-corrected chi connectivity index (χ2v) is 9.08. The van der Waals surface area contributed by atoms with Gasteiger partial charge in [-0.15, -0.1) is 11.3 Å². The van der Waals surface area contributed by atoms with Gasteiger partial charge in [-0.3, -0.25) is 14.2 Å². The number of carbonyl (C=O) groups is 1. The van der Waals surface area contributed by atoms with Crippen LogP contribution in [0.15, 0.2) is 53.7 Å². The first-order valence-corrected chi connectivity index (χ1v) is 11.4. The number of amides is 1. The van der Waals surface area contributed by atoms with Crippen LogP contribution in [-0.4, -0.2) is 30.4 Å². The van der Waals surface area contributed by atoms with E-state index >= 15 is 0 Å². The Morgan fingerprint density at radius 1 is 1.15 bits per heavy atom. The molecule has 0 saturated carbocycles. The average molecular weight is 459 g/mol. The van der Waals surface area contributed by atoms with Crippen LogP contribution in [0.4, 0.5) is 0 Å². The minimum Gasteiger partial charge on any atom is -0.352 e. The lowest BCUT2D eigenvalue weighted by Gasteiger charge is -2.07. The largest absolute Gasteiger partial charge is 0.352 e. The maximum absolute atomic E-state index is 12.4. The molecule has 0 saturated heterocycles. The van der Waals surface area contributed by atoms with Crippen molar-refractivity contribution < 1.29 is 4.79 Å². The van der Waals surface area contributed by atoms with Crippen LogP contribution in [0.1, 0.15) is 28.2 Å². The lowest BCUT2D eigenvalue weighted by Crippen LogP contribution is -2.24. The molecule has 4 heterocycles. The van der Waals surface area contributed by atoms with Crippen molar-refractivity contribution in [1.29, 1.82) is 0 Å². The molecule has 0 fully saturated rings. The second kappa shape index (κ2) is 8.59. The Labute approximate surface area is 193 Å². The maximum atomic E-state index is 12.4. The van der Waals surface area contributed by atoms with Gasteiger partial charge in [0, 0.05) is 30.5 Å². The van der Waals surface area contributed by atoms with E-state index in [2.05, 4.69) is 25.3 Å². The van der Waals surface area contributed by atoms with E-state index in [0.717, 1.165) is 37.7 Å². The number of hydrogen-bond donors (Lipinski definition) is 2. The standard InChI is InChI=1S/C24H22N6O2S/c1-14-15(2)33-24-22(14)23(32)28-19(29-24)8-10-21(31)26-12-16-7-9-20(25-11-16)30-13-27-17-5-3-4-6-18(17)30/h3-7,9,11,13H,8,10,12H2,1-2H3,(H,26,31)(H,28,29,32). The molecule has 0 aliphatic heterocycles. The zero-order chi connectivity index (χ0) is 22.9. The molecule has 0 unspecified atom stereocenters. The van der Waals surface area contributed by atoms with E-state index in [4.69, 9.17) is 0 Å². The number of aromatic nitrogens is 5. The van der Waals surface area contributed by atoms with Gasteiger partial charge >= 0.3 is 0 Å². The molecule has 2 N–H and O–H groups in total. The molecule has 8 nitrogen and oxygen atoms in total. The van der Waals surface area contributed by atoms with Crippen molar-refractivity contribution in [2.45, 2.75) is 33.2 Å². The number of pyridine rings is 1. The summed E-state index contributed by atoms with van der Waals surface area (Å²) in [6.45, 7) is 4.29. The van der Waals surface area contributed by atoms with Gasteiger partial charge in [-0.2, -0.15) is 0 Å². The third kappa shape index (κ3) is 4.14. The van der Waals surface area contributed by atoms with E-state index in [1.165, 1.54) is 11.3 Å². The first-order chi connectivity index (χ1) is 16.0. The molecule has 4 aromatic heterocycles. The van der Waals surface area contributed by atoms with Crippen molar-refractivity contribution >= 4 is 38.5 Å². The molecule has 0 spiro atoms. The number of benzene rings is 1. The summed E-state index contributed by atoms with van der Waals surface area (Å²) in [5.74, 6) is 1.19. The van der Waals surface area contributed by atoms with Crippen LogP contribution >= 0.6 is 11.3 Å². The summed E-state index contributed by atoms with van der Waals surface area (Å²) in [4.78, 5) is 42.8. The Bertz CT molecular complexity index is 1530. The van der Waals surface area contributed by atoms with E-state index in [9.17, 15) is 9.59 Å². The highest BCUT2D eigenvalue weighted by atomic mass is 32.1. The SMILES string of the molecule is Cc1sc2nc(CCC(=O)NCc3ccc(-n4cnc5ccccc54)nc3)[nH]c(=O)c2c1C. The molecule has 5 rings (SSSR count). The highest BCUT2D eigenvalue weighted by molar-refractivity contribution is 7.18. The van der Waals surface area contributed by atoms with Crippen molar-refractivity contribution in [3.63, 3.8) is 0 Å². The van der Waals surface area contributed by atoms with Gasteiger partial charge in [-0.05, 0) is 43.2 Å². The van der Waals surface area contributed by atoms with Crippen molar-refractivity contribution in [2.75, 3.05) is 0 Å². The van der Waals surface area contributed by atoms with Crippen molar-refractivity contribution in [3.8, 4) is 5.82 Å². The first-order valence-electron chi connectivity index (χ1n) is 10.6. The summed E-state index contributed by atoms with van der Waals surface area (Å²) in [5, 5.41) is 3.55. The summed E-state index contributed by atoms with van der Waals surface area (Å²) in [6.07, 6.45) is 4.12. The number of imidazole rings is 1. The van der Waals surface area contributed by atoms with Gasteiger partial charge < -0.3 is 10.3 Å². The van der Waals surface area contributed by atoms with E-state index in [0.29, 0.717) is 24.2 Å². The van der Waals surface area contributed by atoms with Crippen LogP contribution in [0.25, 0.3) is 27.1 Å². The highest BCUT2D eigenvalue weighted by Gasteiger charge is 2.13. The molecule has 0 bridgehead atoms. The number of nitrogens with zero attached hydrogens (tertiary/aromatic N) is 4. The fraction of sp³-hybridized carbons (Fsp3) is 0.208. The van der Waals surface area contributed by atoms with Gasteiger partial charge in [0.05, 0.1) is 16.4 Å². The summed E-state index contributed by atoms with van der Waals surface area (Å²) in [5.41, 5.74) is 3.62. The molecule has 1 amide bonds. The van der Waals surface area contributed by atoms with Crippen molar-refractivity contribution in [3.05, 3.63) is 81.1 Å². The van der Waals surface area contributed by atoms with E-state index in [1.54, 1.807) is 12.5 Å². The normalized spacial score (nSPS) is 11.3. The van der Waals surface area contributed by atoms with Crippen LogP contribution in [0, 0.1) is 13.8 Å². The second-order valence-electron chi connectivity index (χ2n) is 7.88. The molecule has 0 aliphatic rings. The van der Waals surface area contributed by atoms with E-state index in [1.807, 2.05) is 54.8 Å². The first kappa shape index (κ1) is 21.0. The number of para-hydroxylation sites is 2. The van der Waals surface area contributed by atoms with Gasteiger partial charge in [0.2, 0.25) is 5.91 Å². The Kier molecular flexibility index (Phi) is 5.47. The van der Waals surface area contributed by atoms with Gasteiger partial charge in [-0.1, -0.05) is 18.2 Å². The van der Waals surface area contributed by atoms with Crippen LogP contribution in [-0.2, 0) is 17.8 Å². The Balaban J connectivity index is 1.19. The predicted molar refractivity (Wildman–Crippen MR) is 129 cm³/mol. The fourth-order valence-corrected chi connectivity index (χ4v) is 4.79. The molecule has 5 aromatic rings. The number of thiophene rings is 1. The summed E-state index contributed by atoms with van der Waals surface area (Å²) in [6, 6.07) is 11.7. The Morgan fingerprint density at radius 3 is 2.82 bits per heavy atom. The topological polar surface area (TPSA) is 106 Å². The molecule has 1 aromatic carbocycles. The summed E-state index contributed by atoms with van der Waals surface area (Å²) < 4.78 is 1.93. The number of fused-ring (bicyclic) bond motifs is 2. The maximum Gasteiger partial charge on any atom is 0.259 e. The average Bonchev–Trinajstić information content (AvgIpc) is 3.37. The molecule has 33 heavy (non-hydrogen) atoms. The number of H-pyrrole nitrogens is 1. The van der Waals surface area contributed by atoms with Crippen LogP contribution in [0.5, 0.6) is 0 Å². The van der Waals surface area contributed by atoms with Crippen molar-refractivity contribution in [2.24, 2.45) is 0 Å². The number of nitrogens with one attached hydrogen (secondary N) is 2. The van der Waals surface area contributed by atoms with Crippen LogP contribution in [0.2, 0.25) is 0 Å². The molecule has 0 atom stereocenters. The molecular weight excluding hydrogens is 436 g/mol. The quantitative estimate of drug-likeness (QED) is 0.405. The molecular formula is C24H22N6O2S. The number of hydrogen-bond acceptors (Lipinski definition) is 6. The van der Waals surface area contributed by atoms with Gasteiger partial charge in [0.15, 0.2) is 0 Å². The minimum atomic E-state index is -0.144. The Hall–Kier alpha value is -3.85. The third-order valence-electron chi connectivity index (χ3n) is 5.68. The molecule has 0 radical (unpaired) electrons. The van der Waals surface area contributed by atoms with E-state index in [-0.39, 0.29) is 17.9 Å². The molecule has 166 valence electrons. The zero-order valence-electron chi connectivity index (χ0n) is 18.3. The smallest absolute Gasteiger partial charge is 0.259 e. The van der Waals surface area contributed by atoms with Gasteiger partial charge in [-0.25, -0.2) is 15.0 Å². The Morgan fingerprint density at radius 2 is 2.00 bits per heavy atom. The molecule has 9 heteroatoms.